The first-order chi connectivity index (χ1) is 15.6. The van der Waals surface area contributed by atoms with Gasteiger partial charge in [0.15, 0.2) is 0 Å². The number of benzene rings is 3. The smallest absolute Gasteiger partial charge is 0.231 e. The summed E-state index contributed by atoms with van der Waals surface area (Å²) in [5, 5.41) is 24.8. The molecular weight excluding hydrogens is 426 g/mol. The summed E-state index contributed by atoms with van der Waals surface area (Å²) in [6, 6.07) is 23.6. The van der Waals surface area contributed by atoms with Gasteiger partial charge in [-0.05, 0) is 58.0 Å². The number of hydrogen-bond acceptors (Lipinski definition) is 7. The second-order valence-corrected chi connectivity index (χ2v) is 7.81. The number of methoxy groups -OCH3 is 1. The van der Waals surface area contributed by atoms with Gasteiger partial charge in [0, 0.05) is 0 Å². The molecule has 4 aromatic rings. The Morgan fingerprint density at radius 3 is 2.41 bits per heavy atom. The number of carbonyl (C=O) groups excluding carboxylic acids is 1. The molecule has 0 aliphatic rings. The van der Waals surface area contributed by atoms with E-state index in [1.54, 1.807) is 31.4 Å². The molecule has 0 unspecified atom stereocenters. The quantitative estimate of drug-likeness (QED) is 0.399. The highest BCUT2D eigenvalue weighted by molar-refractivity contribution is 7.99. The van der Waals surface area contributed by atoms with Crippen molar-refractivity contribution in [3.63, 3.8) is 0 Å². The Balaban J connectivity index is 1.47. The molecular formula is C23H21N5O3S. The van der Waals surface area contributed by atoms with E-state index in [-0.39, 0.29) is 23.5 Å². The van der Waals surface area contributed by atoms with Crippen LogP contribution in [0.4, 0.5) is 0 Å². The first-order valence-electron chi connectivity index (χ1n) is 9.83. The lowest BCUT2D eigenvalue weighted by Crippen LogP contribution is -2.30. The van der Waals surface area contributed by atoms with Crippen molar-refractivity contribution in [3.8, 4) is 17.2 Å². The normalized spacial score (nSPS) is 11.7. The molecule has 9 heteroatoms. The van der Waals surface area contributed by atoms with E-state index < -0.39 is 0 Å². The summed E-state index contributed by atoms with van der Waals surface area (Å²) in [6.45, 7) is 0. The number of thioether (sulfide) groups is 1. The average molecular weight is 448 g/mol. The van der Waals surface area contributed by atoms with Crippen LogP contribution in [-0.2, 0) is 4.79 Å². The van der Waals surface area contributed by atoms with E-state index >= 15 is 0 Å². The molecule has 1 atom stereocenters. The number of nitrogens with zero attached hydrogens (tertiary/aromatic N) is 4. The third kappa shape index (κ3) is 5.06. The van der Waals surface area contributed by atoms with E-state index in [0.29, 0.717) is 10.8 Å². The zero-order chi connectivity index (χ0) is 22.3. The molecule has 4 rings (SSSR count). The number of phenolic OH excluding ortho intramolecular Hbond substituents is 1. The minimum atomic E-state index is -0.303. The first-order valence-corrected chi connectivity index (χ1v) is 10.8. The van der Waals surface area contributed by atoms with Crippen LogP contribution < -0.4 is 10.1 Å². The highest BCUT2D eigenvalue weighted by atomic mass is 32.2. The number of hydrogen-bond donors (Lipinski definition) is 2. The van der Waals surface area contributed by atoms with Crippen molar-refractivity contribution < 1.29 is 14.6 Å². The van der Waals surface area contributed by atoms with Crippen LogP contribution in [0.25, 0.3) is 5.69 Å². The number of nitrogens with one attached hydrogen (secondary N) is 1. The molecule has 0 aliphatic carbocycles. The number of ether oxygens (including phenoxy) is 1. The molecule has 0 saturated carbocycles. The predicted octanol–water partition coefficient (Wildman–Crippen LogP) is 3.37. The SMILES string of the molecule is COc1ccc([C@H](NC(=O)CSc2nnnn2-c2ccc(O)cc2)c2ccccc2)cc1. The summed E-state index contributed by atoms with van der Waals surface area (Å²) < 4.78 is 6.77. The van der Waals surface area contributed by atoms with Gasteiger partial charge in [0.1, 0.15) is 11.5 Å². The van der Waals surface area contributed by atoms with Crippen molar-refractivity contribution in [1.29, 1.82) is 0 Å². The fraction of sp³-hybridized carbons (Fsp3) is 0.130. The summed E-state index contributed by atoms with van der Waals surface area (Å²) in [5.41, 5.74) is 2.62. The number of carbonyl (C=O) groups is 1. The number of amides is 1. The topological polar surface area (TPSA) is 102 Å². The van der Waals surface area contributed by atoms with Crippen molar-refractivity contribution in [2.24, 2.45) is 0 Å². The van der Waals surface area contributed by atoms with E-state index in [0.717, 1.165) is 16.9 Å². The van der Waals surface area contributed by atoms with Gasteiger partial charge in [-0.3, -0.25) is 4.79 Å². The summed E-state index contributed by atoms with van der Waals surface area (Å²) >= 11 is 1.23. The molecule has 0 spiro atoms. The Labute approximate surface area is 189 Å². The fourth-order valence-corrected chi connectivity index (χ4v) is 3.86. The number of tetrazole rings is 1. The maximum absolute atomic E-state index is 12.8. The third-order valence-corrected chi connectivity index (χ3v) is 5.67. The first kappa shape index (κ1) is 21.4. The van der Waals surface area contributed by atoms with Crippen molar-refractivity contribution in [2.75, 3.05) is 12.9 Å². The summed E-state index contributed by atoms with van der Waals surface area (Å²) in [7, 11) is 1.62. The molecule has 1 aromatic heterocycles. The van der Waals surface area contributed by atoms with Crippen molar-refractivity contribution in [1.82, 2.24) is 25.5 Å². The van der Waals surface area contributed by atoms with Gasteiger partial charge in [-0.1, -0.05) is 54.2 Å². The lowest BCUT2D eigenvalue weighted by molar-refractivity contribution is -0.119. The van der Waals surface area contributed by atoms with Gasteiger partial charge in [0.05, 0.1) is 24.6 Å². The number of phenols is 1. The monoisotopic (exact) mass is 447 g/mol. The number of aromatic hydroxyl groups is 1. The molecule has 2 N–H and O–H groups in total. The van der Waals surface area contributed by atoms with Crippen LogP contribution in [-0.4, -0.2) is 44.1 Å². The summed E-state index contributed by atoms with van der Waals surface area (Å²) in [5.74, 6) is 0.891. The van der Waals surface area contributed by atoms with E-state index in [4.69, 9.17) is 4.74 Å². The zero-order valence-electron chi connectivity index (χ0n) is 17.3. The van der Waals surface area contributed by atoms with Crippen LogP contribution in [0.1, 0.15) is 17.2 Å². The minimum absolute atomic E-state index is 0.137. The van der Waals surface area contributed by atoms with Crippen LogP contribution in [0, 0.1) is 0 Å². The Bertz CT molecular complexity index is 1160. The molecule has 8 nitrogen and oxygen atoms in total. The van der Waals surface area contributed by atoms with Crippen LogP contribution in [0.15, 0.2) is 84.0 Å². The van der Waals surface area contributed by atoms with Crippen LogP contribution in [0.5, 0.6) is 11.5 Å². The second kappa shape index (κ2) is 9.97. The van der Waals surface area contributed by atoms with Crippen molar-refractivity contribution in [3.05, 3.63) is 90.0 Å². The standard InChI is InChI=1S/C23H21N5O3S/c1-31-20-13-7-17(8-14-20)22(16-5-3-2-4-6-16)24-21(30)15-32-23-25-26-27-28(23)18-9-11-19(29)12-10-18/h2-14,22,29H,15H2,1H3,(H,24,30)/t22-/m1/s1. The van der Waals surface area contributed by atoms with Crippen LogP contribution in [0.3, 0.4) is 0 Å². The zero-order valence-corrected chi connectivity index (χ0v) is 18.1. The minimum Gasteiger partial charge on any atom is -0.508 e. The number of aromatic nitrogens is 4. The van der Waals surface area contributed by atoms with Gasteiger partial charge in [-0.15, -0.1) is 5.10 Å². The highest BCUT2D eigenvalue weighted by Crippen LogP contribution is 2.25. The lowest BCUT2D eigenvalue weighted by atomic mass is 9.98. The molecule has 0 bridgehead atoms. The lowest BCUT2D eigenvalue weighted by Gasteiger charge is -2.20. The number of rotatable bonds is 8. The largest absolute Gasteiger partial charge is 0.508 e. The van der Waals surface area contributed by atoms with Gasteiger partial charge < -0.3 is 15.2 Å². The molecule has 0 aliphatic heterocycles. The van der Waals surface area contributed by atoms with Gasteiger partial charge in [0.2, 0.25) is 11.1 Å². The third-order valence-electron chi connectivity index (χ3n) is 4.75. The van der Waals surface area contributed by atoms with E-state index in [1.807, 2.05) is 54.6 Å². The Kier molecular flexibility index (Phi) is 6.66. The average Bonchev–Trinajstić information content (AvgIpc) is 3.31. The molecule has 0 saturated heterocycles. The fourth-order valence-electron chi connectivity index (χ4n) is 3.16. The van der Waals surface area contributed by atoms with Gasteiger partial charge in [-0.2, -0.15) is 4.68 Å². The van der Waals surface area contributed by atoms with E-state index in [9.17, 15) is 9.90 Å². The Hall–Kier alpha value is -3.85. The predicted molar refractivity (Wildman–Crippen MR) is 121 cm³/mol. The van der Waals surface area contributed by atoms with Crippen LogP contribution in [0.2, 0.25) is 0 Å². The summed E-state index contributed by atoms with van der Waals surface area (Å²) in [4.78, 5) is 12.8. The van der Waals surface area contributed by atoms with Gasteiger partial charge in [0.25, 0.3) is 0 Å². The van der Waals surface area contributed by atoms with Crippen LogP contribution >= 0.6 is 11.8 Å². The molecule has 1 amide bonds. The molecule has 1 heterocycles. The van der Waals surface area contributed by atoms with Crippen molar-refractivity contribution in [2.45, 2.75) is 11.2 Å². The van der Waals surface area contributed by atoms with E-state index in [1.165, 1.54) is 16.4 Å². The second-order valence-electron chi connectivity index (χ2n) is 6.86. The maximum Gasteiger partial charge on any atom is 0.231 e. The molecule has 3 aromatic carbocycles. The van der Waals surface area contributed by atoms with Gasteiger partial charge in [-0.25, -0.2) is 0 Å². The Morgan fingerprint density at radius 1 is 1.03 bits per heavy atom. The van der Waals surface area contributed by atoms with E-state index in [2.05, 4.69) is 20.8 Å². The highest BCUT2D eigenvalue weighted by Gasteiger charge is 2.18. The molecule has 0 fully saturated rings. The maximum atomic E-state index is 12.8. The Morgan fingerprint density at radius 2 is 1.72 bits per heavy atom. The van der Waals surface area contributed by atoms with Crippen molar-refractivity contribution >= 4 is 17.7 Å². The molecule has 32 heavy (non-hydrogen) atoms. The summed E-state index contributed by atoms with van der Waals surface area (Å²) in [6.07, 6.45) is 0. The van der Waals surface area contributed by atoms with Gasteiger partial charge >= 0.3 is 0 Å². The molecule has 162 valence electrons. The molecule has 0 radical (unpaired) electrons.